The number of carbonyl (C=O) groups excluding carboxylic acids is 1. The second-order valence-electron chi connectivity index (χ2n) is 8.32. The number of aromatic nitrogens is 1. The van der Waals surface area contributed by atoms with Crippen molar-refractivity contribution in [1.82, 2.24) is 4.98 Å². The fourth-order valence-electron chi connectivity index (χ4n) is 3.10. The molecule has 1 aromatic heterocycles. The van der Waals surface area contributed by atoms with Crippen molar-refractivity contribution >= 4 is 43.2 Å². The lowest BCUT2D eigenvalue weighted by atomic mass is 10.1. The predicted molar refractivity (Wildman–Crippen MR) is 127 cm³/mol. The Labute approximate surface area is 193 Å². The SMILES string of the molecule is C[Si](C)(C)C#Cc1ccc(Oc2ccnc(N3CCC(OC(N)=O)CC3)c2Cl)c(Cl)c1. The molecule has 0 unspecified atom stereocenters. The van der Waals surface area contributed by atoms with Crippen LogP contribution in [-0.4, -0.2) is 38.3 Å². The summed E-state index contributed by atoms with van der Waals surface area (Å²) in [6.07, 6.45) is 2.01. The van der Waals surface area contributed by atoms with Crippen LogP contribution in [-0.2, 0) is 4.74 Å². The van der Waals surface area contributed by atoms with Gasteiger partial charge in [0.25, 0.3) is 0 Å². The van der Waals surface area contributed by atoms with Gasteiger partial charge in [-0.2, -0.15) is 0 Å². The molecule has 164 valence electrons. The highest BCUT2D eigenvalue weighted by Crippen LogP contribution is 2.38. The Morgan fingerprint density at radius 1 is 1.19 bits per heavy atom. The van der Waals surface area contributed by atoms with Crippen LogP contribution in [0.3, 0.4) is 0 Å². The van der Waals surface area contributed by atoms with E-state index >= 15 is 0 Å². The number of rotatable bonds is 4. The van der Waals surface area contributed by atoms with Gasteiger partial charge < -0.3 is 20.1 Å². The summed E-state index contributed by atoms with van der Waals surface area (Å²) in [6, 6.07) is 7.17. The predicted octanol–water partition coefficient (Wildman–Crippen LogP) is 5.47. The van der Waals surface area contributed by atoms with Crippen LogP contribution in [0.1, 0.15) is 18.4 Å². The summed E-state index contributed by atoms with van der Waals surface area (Å²) in [4.78, 5) is 17.4. The van der Waals surface area contributed by atoms with Gasteiger partial charge in [0.05, 0.1) is 5.02 Å². The molecule has 0 spiro atoms. The molecule has 1 amide bonds. The zero-order valence-corrected chi connectivity index (χ0v) is 20.3. The largest absolute Gasteiger partial charge is 0.454 e. The van der Waals surface area contributed by atoms with Gasteiger partial charge in [0.1, 0.15) is 24.9 Å². The molecular weight excluding hydrogens is 453 g/mol. The summed E-state index contributed by atoms with van der Waals surface area (Å²) in [5.74, 6) is 4.76. The minimum Gasteiger partial charge on any atom is -0.454 e. The van der Waals surface area contributed by atoms with Gasteiger partial charge in [0, 0.05) is 43.8 Å². The molecule has 2 heterocycles. The van der Waals surface area contributed by atoms with Gasteiger partial charge in [-0.25, -0.2) is 9.78 Å². The quantitative estimate of drug-likeness (QED) is 0.466. The van der Waals surface area contributed by atoms with Crippen LogP contribution in [0.25, 0.3) is 0 Å². The Morgan fingerprint density at radius 3 is 2.52 bits per heavy atom. The van der Waals surface area contributed by atoms with E-state index in [0.717, 1.165) is 5.56 Å². The van der Waals surface area contributed by atoms with Crippen molar-refractivity contribution in [3.05, 3.63) is 46.1 Å². The zero-order chi connectivity index (χ0) is 22.6. The maximum Gasteiger partial charge on any atom is 0.404 e. The Kier molecular flexibility index (Phi) is 7.37. The number of pyridine rings is 1. The van der Waals surface area contributed by atoms with Gasteiger partial charge >= 0.3 is 6.09 Å². The normalized spacial score (nSPS) is 14.5. The highest BCUT2D eigenvalue weighted by Gasteiger charge is 2.25. The van der Waals surface area contributed by atoms with E-state index in [1.807, 2.05) is 11.0 Å². The average molecular weight is 478 g/mol. The summed E-state index contributed by atoms with van der Waals surface area (Å²) >= 11 is 13.0. The van der Waals surface area contributed by atoms with E-state index in [4.69, 9.17) is 38.4 Å². The molecule has 0 aliphatic carbocycles. The highest BCUT2D eigenvalue weighted by molar-refractivity contribution is 6.83. The molecule has 1 fully saturated rings. The summed E-state index contributed by atoms with van der Waals surface area (Å²) in [7, 11) is -1.47. The van der Waals surface area contributed by atoms with E-state index in [1.165, 1.54) is 0 Å². The van der Waals surface area contributed by atoms with Gasteiger partial charge in [-0.15, -0.1) is 5.54 Å². The molecule has 0 saturated carbocycles. The molecule has 1 aliphatic rings. The zero-order valence-electron chi connectivity index (χ0n) is 17.7. The lowest BCUT2D eigenvalue weighted by Gasteiger charge is -2.32. The van der Waals surface area contributed by atoms with Crippen LogP contribution in [0.2, 0.25) is 29.7 Å². The molecule has 9 heteroatoms. The number of benzene rings is 1. The van der Waals surface area contributed by atoms with Gasteiger partial charge in [-0.3, -0.25) is 0 Å². The topological polar surface area (TPSA) is 77.7 Å². The molecule has 31 heavy (non-hydrogen) atoms. The molecule has 2 aromatic rings. The lowest BCUT2D eigenvalue weighted by molar-refractivity contribution is 0.0911. The Morgan fingerprint density at radius 2 is 1.90 bits per heavy atom. The molecule has 6 nitrogen and oxygen atoms in total. The van der Waals surface area contributed by atoms with Crippen LogP contribution in [0.5, 0.6) is 11.5 Å². The van der Waals surface area contributed by atoms with Crippen LogP contribution in [0.15, 0.2) is 30.5 Å². The fraction of sp³-hybridized carbons (Fsp3) is 0.364. The monoisotopic (exact) mass is 477 g/mol. The van der Waals surface area contributed by atoms with Crippen molar-refractivity contribution in [2.45, 2.75) is 38.6 Å². The third-order valence-electron chi connectivity index (χ3n) is 4.59. The number of nitrogens with two attached hydrogens (primary N) is 1. The van der Waals surface area contributed by atoms with E-state index in [2.05, 4.69) is 36.1 Å². The molecule has 0 atom stereocenters. The fourth-order valence-corrected chi connectivity index (χ4v) is 4.11. The summed E-state index contributed by atoms with van der Waals surface area (Å²) in [6.45, 7) is 7.85. The number of piperidine rings is 1. The Hall–Kier alpha value is -2.40. The van der Waals surface area contributed by atoms with Crippen molar-refractivity contribution < 1.29 is 14.3 Å². The van der Waals surface area contributed by atoms with E-state index in [1.54, 1.807) is 24.4 Å². The molecule has 3 rings (SSSR count). The highest BCUT2D eigenvalue weighted by atomic mass is 35.5. The molecule has 1 aliphatic heterocycles. The van der Waals surface area contributed by atoms with Crippen LogP contribution in [0, 0.1) is 11.5 Å². The van der Waals surface area contributed by atoms with E-state index in [0.29, 0.717) is 53.3 Å². The maximum absolute atomic E-state index is 10.9. The Bertz CT molecular complexity index is 1020. The van der Waals surface area contributed by atoms with E-state index in [9.17, 15) is 4.79 Å². The number of halogens is 2. The minimum atomic E-state index is -1.47. The van der Waals surface area contributed by atoms with Gasteiger partial charge in [-0.05, 0) is 18.2 Å². The third-order valence-corrected chi connectivity index (χ3v) is 6.12. The number of hydrogen-bond donors (Lipinski definition) is 1. The number of amides is 1. The standard InChI is InChI=1S/C22H25Cl2N3O3Si/c1-31(2,3)13-9-15-4-5-18(17(23)14-15)30-19-6-10-26-21(20(19)24)27-11-7-16(8-12-27)29-22(25)28/h4-6,10,14,16H,7-8,11-12H2,1-3H3,(H2,25,28). The van der Waals surface area contributed by atoms with E-state index < -0.39 is 14.2 Å². The first-order valence-corrected chi connectivity index (χ1v) is 14.2. The van der Waals surface area contributed by atoms with Crippen molar-refractivity contribution in [3.63, 3.8) is 0 Å². The molecular formula is C22H25Cl2N3O3Si. The number of primary amides is 1. The first-order chi connectivity index (χ1) is 14.6. The maximum atomic E-state index is 10.9. The number of nitrogens with zero attached hydrogens (tertiary/aromatic N) is 2. The first kappa shape index (κ1) is 23.3. The number of carbonyl (C=O) groups is 1. The van der Waals surface area contributed by atoms with Gasteiger partial charge in [0.2, 0.25) is 0 Å². The number of ether oxygens (including phenoxy) is 2. The Balaban J connectivity index is 1.74. The summed E-state index contributed by atoms with van der Waals surface area (Å²) in [5.41, 5.74) is 9.27. The second kappa shape index (κ2) is 9.82. The summed E-state index contributed by atoms with van der Waals surface area (Å²) < 4.78 is 11.1. The second-order valence-corrected chi connectivity index (χ2v) is 13.9. The lowest BCUT2D eigenvalue weighted by Crippen LogP contribution is -2.39. The van der Waals surface area contributed by atoms with Crippen molar-refractivity contribution in [3.8, 4) is 23.0 Å². The van der Waals surface area contributed by atoms with Crippen LogP contribution in [0.4, 0.5) is 10.6 Å². The smallest absolute Gasteiger partial charge is 0.404 e. The number of hydrogen-bond acceptors (Lipinski definition) is 5. The van der Waals surface area contributed by atoms with Crippen LogP contribution >= 0.6 is 23.2 Å². The molecule has 2 N–H and O–H groups in total. The van der Waals surface area contributed by atoms with Gasteiger partial charge in [0.15, 0.2) is 11.6 Å². The van der Waals surface area contributed by atoms with Gasteiger partial charge in [-0.1, -0.05) is 48.8 Å². The van der Waals surface area contributed by atoms with Crippen LogP contribution < -0.4 is 15.4 Å². The van der Waals surface area contributed by atoms with Crippen molar-refractivity contribution in [2.24, 2.45) is 5.73 Å². The number of anilines is 1. The summed E-state index contributed by atoms with van der Waals surface area (Å²) in [5, 5.41) is 0.858. The molecule has 1 saturated heterocycles. The molecule has 0 bridgehead atoms. The average Bonchev–Trinajstić information content (AvgIpc) is 2.69. The van der Waals surface area contributed by atoms with Crippen molar-refractivity contribution in [2.75, 3.05) is 18.0 Å². The third kappa shape index (κ3) is 6.54. The van der Waals surface area contributed by atoms with E-state index in [-0.39, 0.29) is 6.10 Å². The first-order valence-electron chi connectivity index (χ1n) is 9.98. The minimum absolute atomic E-state index is 0.187. The van der Waals surface area contributed by atoms with Crippen molar-refractivity contribution in [1.29, 1.82) is 0 Å². The molecule has 0 radical (unpaired) electrons. The molecule has 1 aromatic carbocycles.